The third kappa shape index (κ3) is 3.49. The Morgan fingerprint density at radius 3 is 1.95 bits per heavy atom. The van der Waals surface area contributed by atoms with Gasteiger partial charge < -0.3 is 16.0 Å². The minimum absolute atomic E-state index is 0.568. The molecule has 1 atom stereocenters. The van der Waals surface area contributed by atoms with E-state index in [1.54, 1.807) is 0 Å². The van der Waals surface area contributed by atoms with Gasteiger partial charge in [0.05, 0.1) is 8.46 Å². The fourth-order valence-corrected chi connectivity index (χ4v) is 2.31. The van der Waals surface area contributed by atoms with Gasteiger partial charge in [0.2, 0.25) is 0 Å². The minimum Gasteiger partial charge on any atom is -0.399 e. The molecule has 0 fully saturated rings. The molecule has 19 heavy (non-hydrogen) atoms. The molecule has 4 heteroatoms. The zero-order valence-electron chi connectivity index (χ0n) is 10.5. The fraction of sp³-hybridized carbons (Fsp3) is 0.0667. The molecule has 98 valence electrons. The molecule has 0 aliphatic rings. The van der Waals surface area contributed by atoms with Crippen molar-refractivity contribution in [1.82, 2.24) is 0 Å². The van der Waals surface area contributed by atoms with Crippen LogP contribution in [0.25, 0.3) is 5.57 Å². The molecule has 0 saturated carbocycles. The summed E-state index contributed by atoms with van der Waals surface area (Å²) < 4.78 is 10.8. The van der Waals surface area contributed by atoms with Gasteiger partial charge >= 0.3 is 0 Å². The molecular formula is C15H17N2OP. The van der Waals surface area contributed by atoms with Crippen molar-refractivity contribution in [1.29, 1.82) is 0 Å². The van der Waals surface area contributed by atoms with Crippen LogP contribution in [-0.4, -0.2) is 6.16 Å². The van der Waals surface area contributed by atoms with E-state index in [0.717, 1.165) is 16.7 Å². The SMILES string of the molecule is Nc1cccc(C(=CC[PH2]=O)c2cccc(N)c2)c1. The monoisotopic (exact) mass is 272 g/mol. The van der Waals surface area contributed by atoms with Gasteiger partial charge in [-0.25, -0.2) is 0 Å². The van der Waals surface area contributed by atoms with Crippen LogP contribution in [-0.2, 0) is 4.57 Å². The highest BCUT2D eigenvalue weighted by atomic mass is 31.1. The number of hydrogen-bond acceptors (Lipinski definition) is 3. The summed E-state index contributed by atoms with van der Waals surface area (Å²) >= 11 is 0. The zero-order valence-corrected chi connectivity index (χ0v) is 11.7. The van der Waals surface area contributed by atoms with Gasteiger partial charge in [-0.1, -0.05) is 30.3 Å². The van der Waals surface area contributed by atoms with Gasteiger partial charge in [0.15, 0.2) is 0 Å². The third-order valence-electron chi connectivity index (χ3n) is 2.81. The molecule has 4 N–H and O–H groups in total. The van der Waals surface area contributed by atoms with E-state index in [4.69, 9.17) is 11.5 Å². The number of anilines is 2. The Hall–Kier alpha value is -1.99. The highest BCUT2D eigenvalue weighted by Crippen LogP contribution is 2.26. The zero-order chi connectivity index (χ0) is 13.7. The van der Waals surface area contributed by atoms with E-state index < -0.39 is 8.46 Å². The molecule has 0 aliphatic heterocycles. The fourth-order valence-electron chi connectivity index (χ4n) is 1.98. The predicted octanol–water partition coefficient (Wildman–Crippen LogP) is 3.04. The van der Waals surface area contributed by atoms with Crippen LogP contribution in [0.4, 0.5) is 11.4 Å². The van der Waals surface area contributed by atoms with Gasteiger partial charge in [-0.2, -0.15) is 0 Å². The van der Waals surface area contributed by atoms with Crippen LogP contribution in [0.1, 0.15) is 11.1 Å². The first-order valence-corrected chi connectivity index (χ1v) is 7.35. The van der Waals surface area contributed by atoms with Crippen molar-refractivity contribution in [3.05, 3.63) is 65.7 Å². The predicted molar refractivity (Wildman–Crippen MR) is 84.1 cm³/mol. The second-order valence-electron chi connectivity index (χ2n) is 4.27. The highest BCUT2D eigenvalue weighted by molar-refractivity contribution is 7.23. The molecule has 0 bridgehead atoms. The molecule has 0 amide bonds. The number of nitrogen functional groups attached to an aromatic ring is 2. The average Bonchev–Trinajstić information content (AvgIpc) is 2.39. The molecule has 1 unspecified atom stereocenters. The number of rotatable bonds is 4. The lowest BCUT2D eigenvalue weighted by molar-refractivity contribution is 0.600. The minimum atomic E-state index is -0.800. The van der Waals surface area contributed by atoms with E-state index in [0.29, 0.717) is 17.5 Å². The molecule has 0 saturated heterocycles. The maximum atomic E-state index is 10.8. The number of hydrogen-bond donors (Lipinski definition) is 2. The molecule has 2 aromatic rings. The summed E-state index contributed by atoms with van der Waals surface area (Å²) in [6.07, 6.45) is 2.55. The van der Waals surface area contributed by atoms with E-state index in [9.17, 15) is 4.57 Å². The quantitative estimate of drug-likeness (QED) is 0.664. The molecule has 2 aromatic carbocycles. The van der Waals surface area contributed by atoms with Crippen LogP contribution in [0.2, 0.25) is 0 Å². The van der Waals surface area contributed by atoms with E-state index in [2.05, 4.69) is 0 Å². The Bertz CT molecular complexity index is 576. The van der Waals surface area contributed by atoms with Gasteiger partial charge in [0.25, 0.3) is 0 Å². The summed E-state index contributed by atoms with van der Waals surface area (Å²) in [6, 6.07) is 15.3. The van der Waals surface area contributed by atoms with Crippen molar-refractivity contribution >= 4 is 25.4 Å². The van der Waals surface area contributed by atoms with Crippen LogP contribution in [0.15, 0.2) is 54.6 Å². The number of nitrogens with two attached hydrogens (primary N) is 2. The molecular weight excluding hydrogens is 255 g/mol. The van der Waals surface area contributed by atoms with Crippen molar-refractivity contribution in [2.45, 2.75) is 0 Å². The number of benzene rings is 2. The van der Waals surface area contributed by atoms with E-state index in [1.165, 1.54) is 0 Å². The molecule has 3 nitrogen and oxygen atoms in total. The summed E-state index contributed by atoms with van der Waals surface area (Å²) in [6.45, 7) is 0. The third-order valence-corrected chi connectivity index (χ3v) is 3.24. The molecule has 2 rings (SSSR count). The van der Waals surface area contributed by atoms with Crippen molar-refractivity contribution in [2.75, 3.05) is 17.6 Å². The Morgan fingerprint density at radius 2 is 1.53 bits per heavy atom. The summed E-state index contributed by atoms with van der Waals surface area (Å²) in [5, 5.41) is 0. The van der Waals surface area contributed by atoms with Crippen LogP contribution < -0.4 is 11.5 Å². The topological polar surface area (TPSA) is 69.1 Å². The van der Waals surface area contributed by atoms with Crippen molar-refractivity contribution < 1.29 is 4.57 Å². The Morgan fingerprint density at radius 1 is 1.00 bits per heavy atom. The summed E-state index contributed by atoms with van der Waals surface area (Å²) in [7, 11) is -0.800. The maximum Gasteiger partial charge on any atom is 0.0681 e. The molecule has 0 aromatic heterocycles. The van der Waals surface area contributed by atoms with Crippen LogP contribution >= 0.6 is 8.46 Å². The first-order chi connectivity index (χ1) is 9.20. The first kappa shape index (κ1) is 13.4. The normalized spacial score (nSPS) is 10.7. The second-order valence-corrected chi connectivity index (χ2v) is 5.08. The Labute approximate surface area is 114 Å². The second kappa shape index (κ2) is 6.26. The molecule has 0 heterocycles. The van der Waals surface area contributed by atoms with Gasteiger partial charge in [0.1, 0.15) is 0 Å². The van der Waals surface area contributed by atoms with Gasteiger partial charge in [-0.15, -0.1) is 0 Å². The van der Waals surface area contributed by atoms with Gasteiger partial charge in [-0.05, 0) is 41.0 Å². The lowest BCUT2D eigenvalue weighted by Gasteiger charge is -2.10. The van der Waals surface area contributed by atoms with E-state index in [1.807, 2.05) is 54.6 Å². The number of allylic oxidation sites excluding steroid dienone is 1. The first-order valence-electron chi connectivity index (χ1n) is 6.06. The molecule has 0 aliphatic carbocycles. The van der Waals surface area contributed by atoms with Crippen LogP contribution in [0.3, 0.4) is 0 Å². The average molecular weight is 272 g/mol. The largest absolute Gasteiger partial charge is 0.399 e. The maximum absolute atomic E-state index is 10.8. The lowest BCUT2D eigenvalue weighted by atomic mass is 9.97. The molecule has 0 radical (unpaired) electrons. The van der Waals surface area contributed by atoms with Crippen LogP contribution in [0, 0.1) is 0 Å². The highest BCUT2D eigenvalue weighted by Gasteiger charge is 2.05. The van der Waals surface area contributed by atoms with Crippen LogP contribution in [0.5, 0.6) is 0 Å². The van der Waals surface area contributed by atoms with E-state index >= 15 is 0 Å². The van der Waals surface area contributed by atoms with Crippen molar-refractivity contribution in [2.24, 2.45) is 0 Å². The summed E-state index contributed by atoms with van der Waals surface area (Å²) in [4.78, 5) is 0. The summed E-state index contributed by atoms with van der Waals surface area (Å²) in [5.74, 6) is 0. The van der Waals surface area contributed by atoms with Crippen molar-refractivity contribution in [3.8, 4) is 0 Å². The smallest absolute Gasteiger partial charge is 0.0681 e. The Kier molecular flexibility index (Phi) is 4.43. The lowest BCUT2D eigenvalue weighted by Crippen LogP contribution is -1.93. The van der Waals surface area contributed by atoms with Gasteiger partial charge in [-0.3, -0.25) is 0 Å². The Balaban J connectivity index is 2.50. The molecule has 0 spiro atoms. The van der Waals surface area contributed by atoms with E-state index in [-0.39, 0.29) is 0 Å². The van der Waals surface area contributed by atoms with Gasteiger partial charge in [0, 0.05) is 17.5 Å². The standard InChI is InChI=1S/C15H17N2OP/c16-13-5-1-3-11(9-13)15(7-8-19-18)12-4-2-6-14(17)10-12/h1-7,9-10H,8,16-17,19H2. The summed E-state index contributed by atoms with van der Waals surface area (Å²) in [5.41, 5.74) is 16.1. The van der Waals surface area contributed by atoms with Crippen molar-refractivity contribution in [3.63, 3.8) is 0 Å².